The van der Waals surface area contributed by atoms with Crippen LogP contribution in [0.5, 0.6) is 0 Å². The first-order valence-corrected chi connectivity index (χ1v) is 7.85. The molecular weight excluding hydrogens is 276 g/mol. The molecule has 2 unspecified atom stereocenters. The van der Waals surface area contributed by atoms with E-state index < -0.39 is 0 Å². The molecule has 1 N–H and O–H groups in total. The van der Waals surface area contributed by atoms with Crippen LogP contribution in [0.2, 0.25) is 4.34 Å². The molecular formula is C16H17ClOS. The number of benzene rings is 1. The van der Waals surface area contributed by atoms with Crippen molar-refractivity contribution in [3.8, 4) is 0 Å². The molecule has 0 saturated carbocycles. The molecule has 2 aromatic rings. The fourth-order valence-corrected chi connectivity index (χ4v) is 4.15. The molecule has 1 aliphatic carbocycles. The predicted molar refractivity (Wildman–Crippen MR) is 81.0 cm³/mol. The number of aliphatic hydroxyl groups is 1. The molecule has 1 heterocycles. The van der Waals surface area contributed by atoms with E-state index in [1.54, 1.807) is 0 Å². The Morgan fingerprint density at radius 1 is 1.32 bits per heavy atom. The fraction of sp³-hybridized carbons (Fsp3) is 0.375. The summed E-state index contributed by atoms with van der Waals surface area (Å²) < 4.78 is 0.797. The van der Waals surface area contributed by atoms with E-state index in [2.05, 4.69) is 24.3 Å². The standard InChI is InChI=1S/C16H17ClOS/c1-10-8-14(19-16(10)17)15(18)13-7-6-11-4-2-3-5-12(11)9-13/h2-5,8,13,15,18H,6-7,9H2,1H3. The number of thiophene rings is 1. The summed E-state index contributed by atoms with van der Waals surface area (Å²) in [6, 6.07) is 10.6. The molecule has 1 aromatic heterocycles. The Morgan fingerprint density at radius 2 is 2.05 bits per heavy atom. The quantitative estimate of drug-likeness (QED) is 0.861. The number of hydrogen-bond acceptors (Lipinski definition) is 2. The van der Waals surface area contributed by atoms with Gasteiger partial charge in [0.05, 0.1) is 10.4 Å². The van der Waals surface area contributed by atoms with E-state index in [0.717, 1.165) is 34.0 Å². The maximum atomic E-state index is 10.6. The number of hydrogen-bond donors (Lipinski definition) is 1. The zero-order chi connectivity index (χ0) is 13.4. The number of rotatable bonds is 2. The van der Waals surface area contributed by atoms with Crippen molar-refractivity contribution in [1.82, 2.24) is 0 Å². The lowest BCUT2D eigenvalue weighted by Gasteiger charge is -2.28. The molecule has 3 heteroatoms. The maximum Gasteiger partial charge on any atom is 0.0961 e. The number of fused-ring (bicyclic) bond motifs is 1. The maximum absolute atomic E-state index is 10.6. The lowest BCUT2D eigenvalue weighted by molar-refractivity contribution is 0.103. The third kappa shape index (κ3) is 2.58. The van der Waals surface area contributed by atoms with Crippen LogP contribution in [0.25, 0.3) is 0 Å². The monoisotopic (exact) mass is 292 g/mol. The molecule has 19 heavy (non-hydrogen) atoms. The van der Waals surface area contributed by atoms with Gasteiger partial charge in [-0.2, -0.15) is 0 Å². The molecule has 100 valence electrons. The minimum atomic E-state index is -0.385. The topological polar surface area (TPSA) is 20.2 Å². The summed E-state index contributed by atoms with van der Waals surface area (Å²) in [5, 5.41) is 10.6. The van der Waals surface area contributed by atoms with Gasteiger partial charge in [0.1, 0.15) is 0 Å². The van der Waals surface area contributed by atoms with Crippen molar-refractivity contribution in [2.45, 2.75) is 32.3 Å². The first-order chi connectivity index (χ1) is 9.15. The molecule has 1 nitrogen and oxygen atoms in total. The number of aliphatic hydroxyl groups excluding tert-OH is 1. The summed E-state index contributed by atoms with van der Waals surface area (Å²) in [5.41, 5.74) is 3.89. The predicted octanol–water partition coefficient (Wildman–Crippen LogP) is 4.55. The fourth-order valence-electron chi connectivity index (χ4n) is 2.86. The van der Waals surface area contributed by atoms with Gasteiger partial charge in [-0.3, -0.25) is 0 Å². The van der Waals surface area contributed by atoms with E-state index in [0.29, 0.717) is 5.92 Å². The average molecular weight is 293 g/mol. The van der Waals surface area contributed by atoms with E-state index in [-0.39, 0.29) is 6.10 Å². The van der Waals surface area contributed by atoms with Gasteiger partial charge in [-0.1, -0.05) is 35.9 Å². The second-order valence-electron chi connectivity index (χ2n) is 5.32. The van der Waals surface area contributed by atoms with E-state index >= 15 is 0 Å². The van der Waals surface area contributed by atoms with Crippen LogP contribution in [0, 0.1) is 12.8 Å². The second-order valence-corrected chi connectivity index (χ2v) is 7.01. The molecule has 1 aliphatic rings. The van der Waals surface area contributed by atoms with Gasteiger partial charge in [-0.15, -0.1) is 11.3 Å². The van der Waals surface area contributed by atoms with Crippen molar-refractivity contribution in [3.63, 3.8) is 0 Å². The molecule has 0 bridgehead atoms. The van der Waals surface area contributed by atoms with E-state index in [1.165, 1.54) is 22.5 Å². The van der Waals surface area contributed by atoms with Gasteiger partial charge >= 0.3 is 0 Å². The Kier molecular flexibility index (Phi) is 3.66. The van der Waals surface area contributed by atoms with Crippen LogP contribution in [-0.2, 0) is 12.8 Å². The summed E-state index contributed by atoms with van der Waals surface area (Å²) >= 11 is 7.61. The van der Waals surface area contributed by atoms with Crippen molar-refractivity contribution in [2.75, 3.05) is 0 Å². The van der Waals surface area contributed by atoms with E-state index in [4.69, 9.17) is 11.6 Å². The zero-order valence-electron chi connectivity index (χ0n) is 10.9. The van der Waals surface area contributed by atoms with Crippen molar-refractivity contribution in [2.24, 2.45) is 5.92 Å². The zero-order valence-corrected chi connectivity index (χ0v) is 12.5. The first kappa shape index (κ1) is 13.2. The largest absolute Gasteiger partial charge is 0.387 e. The Balaban J connectivity index is 1.81. The smallest absolute Gasteiger partial charge is 0.0961 e. The van der Waals surface area contributed by atoms with Crippen molar-refractivity contribution >= 4 is 22.9 Å². The van der Waals surface area contributed by atoms with Crippen molar-refractivity contribution < 1.29 is 5.11 Å². The van der Waals surface area contributed by atoms with Crippen LogP contribution in [0.1, 0.15) is 34.1 Å². The SMILES string of the molecule is Cc1cc(C(O)C2CCc3ccccc3C2)sc1Cl. The second kappa shape index (κ2) is 5.28. The Bertz CT molecular complexity index is 571. The van der Waals surface area contributed by atoms with Gasteiger partial charge in [-0.05, 0) is 54.9 Å². The average Bonchev–Trinajstić information content (AvgIpc) is 2.77. The summed E-state index contributed by atoms with van der Waals surface area (Å²) in [7, 11) is 0. The molecule has 3 rings (SSSR count). The summed E-state index contributed by atoms with van der Waals surface area (Å²) in [6.07, 6.45) is 2.69. The molecule has 0 radical (unpaired) electrons. The van der Waals surface area contributed by atoms with Crippen LogP contribution in [0.3, 0.4) is 0 Å². The van der Waals surface area contributed by atoms with Crippen LogP contribution in [0.15, 0.2) is 30.3 Å². The lowest BCUT2D eigenvalue weighted by Crippen LogP contribution is -2.20. The van der Waals surface area contributed by atoms with E-state index in [1.807, 2.05) is 13.0 Å². The highest BCUT2D eigenvalue weighted by Crippen LogP contribution is 2.39. The molecule has 1 aromatic carbocycles. The highest BCUT2D eigenvalue weighted by atomic mass is 35.5. The minimum Gasteiger partial charge on any atom is -0.387 e. The molecule has 0 amide bonds. The highest BCUT2D eigenvalue weighted by Gasteiger charge is 2.27. The van der Waals surface area contributed by atoms with Crippen LogP contribution < -0.4 is 0 Å². The Morgan fingerprint density at radius 3 is 2.74 bits per heavy atom. The minimum absolute atomic E-state index is 0.309. The summed E-state index contributed by atoms with van der Waals surface area (Å²) in [4.78, 5) is 1.01. The summed E-state index contributed by atoms with van der Waals surface area (Å²) in [6.45, 7) is 1.99. The van der Waals surface area contributed by atoms with Crippen LogP contribution >= 0.6 is 22.9 Å². The van der Waals surface area contributed by atoms with Gasteiger partial charge in [-0.25, -0.2) is 0 Å². The third-order valence-corrected chi connectivity index (χ3v) is 5.63. The van der Waals surface area contributed by atoms with Crippen LogP contribution in [-0.4, -0.2) is 5.11 Å². The van der Waals surface area contributed by atoms with Gasteiger partial charge in [0.15, 0.2) is 0 Å². The number of halogens is 1. The number of aryl methyl sites for hydroxylation is 2. The highest BCUT2D eigenvalue weighted by molar-refractivity contribution is 7.16. The molecule has 0 fully saturated rings. The Labute approximate surface area is 122 Å². The van der Waals surface area contributed by atoms with Crippen molar-refractivity contribution in [1.29, 1.82) is 0 Å². The lowest BCUT2D eigenvalue weighted by atomic mass is 9.80. The van der Waals surface area contributed by atoms with Gasteiger partial charge in [0, 0.05) is 4.88 Å². The van der Waals surface area contributed by atoms with Gasteiger partial charge in [0.2, 0.25) is 0 Å². The van der Waals surface area contributed by atoms with Crippen LogP contribution in [0.4, 0.5) is 0 Å². The molecule has 0 spiro atoms. The van der Waals surface area contributed by atoms with Gasteiger partial charge in [0.25, 0.3) is 0 Å². The first-order valence-electron chi connectivity index (χ1n) is 6.66. The molecule has 2 atom stereocenters. The molecule has 0 aliphatic heterocycles. The summed E-state index contributed by atoms with van der Waals surface area (Å²) in [5.74, 6) is 0.309. The van der Waals surface area contributed by atoms with E-state index in [9.17, 15) is 5.11 Å². The third-order valence-electron chi connectivity index (χ3n) is 4.00. The Hall–Kier alpha value is -0.830. The normalized spacial score (nSPS) is 20.1. The van der Waals surface area contributed by atoms with Gasteiger partial charge < -0.3 is 5.11 Å². The molecule has 0 saturated heterocycles. The van der Waals surface area contributed by atoms with Crippen molar-refractivity contribution in [3.05, 3.63) is 56.2 Å².